The fourth-order valence-corrected chi connectivity index (χ4v) is 3.98. The molecule has 2 unspecified atom stereocenters. The Bertz CT molecular complexity index is 651. The van der Waals surface area contributed by atoms with Crippen molar-refractivity contribution in [3.8, 4) is 0 Å². The van der Waals surface area contributed by atoms with E-state index >= 15 is 0 Å². The van der Waals surface area contributed by atoms with E-state index in [9.17, 15) is 26.7 Å². The number of halogens is 3. The van der Waals surface area contributed by atoms with Crippen LogP contribution in [-0.2, 0) is 10.0 Å². The van der Waals surface area contributed by atoms with E-state index in [0.717, 1.165) is 17.1 Å². The molecule has 0 aliphatic heterocycles. The highest BCUT2D eigenvalue weighted by Gasteiger charge is 2.31. The summed E-state index contributed by atoms with van der Waals surface area (Å²) in [7, 11) is -3.06. The third-order valence-corrected chi connectivity index (χ3v) is 5.86. The second kappa shape index (κ2) is 6.55. The van der Waals surface area contributed by atoms with Gasteiger partial charge < -0.3 is 5.11 Å². The number of rotatable bonds is 4. The SMILES string of the molecule is CN(CC1CCCCC1O)S(=O)(=O)c1cc(F)c(F)cc1F. The molecule has 0 radical (unpaired) electrons. The zero-order valence-corrected chi connectivity index (χ0v) is 12.9. The van der Waals surface area contributed by atoms with Gasteiger partial charge in [0, 0.05) is 19.7 Å². The van der Waals surface area contributed by atoms with Crippen molar-refractivity contribution in [3.05, 3.63) is 29.6 Å². The number of aliphatic hydroxyl groups excluding tert-OH is 1. The van der Waals surface area contributed by atoms with Crippen LogP contribution in [-0.4, -0.2) is 37.5 Å². The van der Waals surface area contributed by atoms with E-state index < -0.39 is 38.5 Å². The van der Waals surface area contributed by atoms with Gasteiger partial charge in [0.15, 0.2) is 11.6 Å². The van der Waals surface area contributed by atoms with E-state index in [1.165, 1.54) is 7.05 Å². The van der Waals surface area contributed by atoms with Crippen molar-refractivity contribution in [1.82, 2.24) is 4.31 Å². The summed E-state index contributed by atoms with van der Waals surface area (Å²) in [6, 6.07) is 0.555. The molecule has 1 aliphatic carbocycles. The minimum atomic E-state index is -4.29. The quantitative estimate of drug-likeness (QED) is 0.858. The van der Waals surface area contributed by atoms with Gasteiger partial charge in [-0.05, 0) is 24.8 Å². The normalized spacial score (nSPS) is 23.0. The lowest BCUT2D eigenvalue weighted by Crippen LogP contribution is -2.38. The molecule has 0 bridgehead atoms. The maximum Gasteiger partial charge on any atom is 0.245 e. The minimum absolute atomic E-state index is 0.00192. The fourth-order valence-electron chi connectivity index (χ4n) is 2.70. The van der Waals surface area contributed by atoms with Gasteiger partial charge in [0.1, 0.15) is 10.7 Å². The van der Waals surface area contributed by atoms with Crippen LogP contribution in [0.1, 0.15) is 25.7 Å². The number of nitrogens with zero attached hydrogens (tertiary/aromatic N) is 1. The first-order valence-corrected chi connectivity index (χ1v) is 8.46. The van der Waals surface area contributed by atoms with Crippen LogP contribution >= 0.6 is 0 Å². The van der Waals surface area contributed by atoms with Gasteiger partial charge in [-0.1, -0.05) is 12.8 Å². The Kier molecular flexibility index (Phi) is 5.14. The van der Waals surface area contributed by atoms with E-state index in [-0.39, 0.29) is 18.5 Å². The summed E-state index contributed by atoms with van der Waals surface area (Å²) in [5, 5.41) is 9.88. The Hall–Kier alpha value is -1.12. The molecule has 22 heavy (non-hydrogen) atoms. The first-order valence-electron chi connectivity index (χ1n) is 7.02. The minimum Gasteiger partial charge on any atom is -0.393 e. The molecule has 0 spiro atoms. The van der Waals surface area contributed by atoms with Crippen molar-refractivity contribution >= 4 is 10.0 Å². The van der Waals surface area contributed by atoms with E-state index in [2.05, 4.69) is 0 Å². The molecule has 1 aliphatic rings. The number of benzene rings is 1. The lowest BCUT2D eigenvalue weighted by Gasteiger charge is -2.30. The summed E-state index contributed by atoms with van der Waals surface area (Å²) in [5.41, 5.74) is 0. The molecule has 8 heteroatoms. The molecule has 2 rings (SSSR count). The average molecular weight is 337 g/mol. The summed E-state index contributed by atoms with van der Waals surface area (Å²) < 4.78 is 65.3. The number of hydrogen-bond acceptors (Lipinski definition) is 3. The highest BCUT2D eigenvalue weighted by molar-refractivity contribution is 7.89. The second-order valence-corrected chi connectivity index (χ2v) is 7.61. The van der Waals surface area contributed by atoms with Crippen LogP contribution in [0.5, 0.6) is 0 Å². The maximum absolute atomic E-state index is 13.7. The molecule has 0 aromatic heterocycles. The molecule has 0 saturated heterocycles. The topological polar surface area (TPSA) is 57.6 Å². The molecular weight excluding hydrogens is 319 g/mol. The monoisotopic (exact) mass is 337 g/mol. The summed E-state index contributed by atoms with van der Waals surface area (Å²) in [6.45, 7) is 0.00192. The third kappa shape index (κ3) is 3.44. The average Bonchev–Trinajstić information content (AvgIpc) is 2.45. The van der Waals surface area contributed by atoms with Gasteiger partial charge in [0.25, 0.3) is 0 Å². The lowest BCUT2D eigenvalue weighted by atomic mass is 9.86. The van der Waals surface area contributed by atoms with E-state index in [4.69, 9.17) is 0 Å². The van der Waals surface area contributed by atoms with Gasteiger partial charge in [-0.3, -0.25) is 0 Å². The zero-order chi connectivity index (χ0) is 16.5. The van der Waals surface area contributed by atoms with Gasteiger partial charge >= 0.3 is 0 Å². The smallest absolute Gasteiger partial charge is 0.245 e. The van der Waals surface area contributed by atoms with Crippen LogP contribution < -0.4 is 0 Å². The Morgan fingerprint density at radius 3 is 2.36 bits per heavy atom. The molecule has 1 aromatic carbocycles. The standard InChI is InChI=1S/C14H18F3NO3S/c1-18(8-9-4-2-3-5-13(9)19)22(20,21)14-7-11(16)10(15)6-12(14)17/h6-7,9,13,19H,2-5,8H2,1H3. The summed E-state index contributed by atoms with van der Waals surface area (Å²) in [6.07, 6.45) is 2.42. The van der Waals surface area contributed by atoms with E-state index in [1.54, 1.807) is 0 Å². The molecule has 0 heterocycles. The highest BCUT2D eigenvalue weighted by atomic mass is 32.2. The van der Waals surface area contributed by atoms with Crippen molar-refractivity contribution in [2.45, 2.75) is 36.7 Å². The largest absolute Gasteiger partial charge is 0.393 e. The molecule has 1 aromatic rings. The number of sulfonamides is 1. The van der Waals surface area contributed by atoms with E-state index in [0.29, 0.717) is 18.9 Å². The molecular formula is C14H18F3NO3S. The second-order valence-electron chi connectivity index (χ2n) is 5.59. The Morgan fingerprint density at radius 1 is 1.14 bits per heavy atom. The summed E-state index contributed by atoms with van der Waals surface area (Å²) in [5.74, 6) is -4.45. The van der Waals surface area contributed by atoms with Crippen LogP contribution in [0.3, 0.4) is 0 Å². The van der Waals surface area contributed by atoms with Crippen molar-refractivity contribution in [2.75, 3.05) is 13.6 Å². The number of aliphatic hydroxyl groups is 1. The van der Waals surface area contributed by atoms with Crippen LogP contribution in [0.2, 0.25) is 0 Å². The lowest BCUT2D eigenvalue weighted by molar-refractivity contribution is 0.0620. The zero-order valence-electron chi connectivity index (χ0n) is 12.1. The molecule has 2 atom stereocenters. The Labute approximate surface area is 127 Å². The van der Waals surface area contributed by atoms with Crippen LogP contribution in [0, 0.1) is 23.4 Å². The maximum atomic E-state index is 13.7. The van der Waals surface area contributed by atoms with Crippen molar-refractivity contribution < 1.29 is 26.7 Å². The first-order chi connectivity index (χ1) is 10.2. The van der Waals surface area contributed by atoms with Crippen LogP contribution in [0.25, 0.3) is 0 Å². The van der Waals surface area contributed by atoms with Crippen LogP contribution in [0.4, 0.5) is 13.2 Å². The molecule has 124 valence electrons. The number of hydrogen-bond donors (Lipinski definition) is 1. The van der Waals surface area contributed by atoms with Gasteiger partial charge in [-0.2, -0.15) is 0 Å². The predicted octanol–water partition coefficient (Wildman–Crippen LogP) is 2.28. The molecule has 1 N–H and O–H groups in total. The van der Waals surface area contributed by atoms with Crippen molar-refractivity contribution in [3.63, 3.8) is 0 Å². The fraction of sp³-hybridized carbons (Fsp3) is 0.571. The molecule has 1 saturated carbocycles. The van der Waals surface area contributed by atoms with Gasteiger partial charge in [0.05, 0.1) is 6.10 Å². The van der Waals surface area contributed by atoms with E-state index in [1.807, 2.05) is 0 Å². The summed E-state index contributed by atoms with van der Waals surface area (Å²) in [4.78, 5) is -0.904. The van der Waals surface area contributed by atoms with Crippen LogP contribution in [0.15, 0.2) is 17.0 Å². The highest BCUT2D eigenvalue weighted by Crippen LogP contribution is 2.27. The van der Waals surface area contributed by atoms with Gasteiger partial charge in [-0.15, -0.1) is 0 Å². The Morgan fingerprint density at radius 2 is 1.73 bits per heavy atom. The molecule has 1 fully saturated rings. The molecule has 0 amide bonds. The Balaban J connectivity index is 2.24. The predicted molar refractivity (Wildman–Crippen MR) is 74.1 cm³/mol. The summed E-state index contributed by atoms with van der Waals surface area (Å²) >= 11 is 0. The third-order valence-electron chi connectivity index (χ3n) is 4.02. The van der Waals surface area contributed by atoms with Crippen molar-refractivity contribution in [2.24, 2.45) is 5.92 Å². The van der Waals surface area contributed by atoms with Gasteiger partial charge in [0.2, 0.25) is 10.0 Å². The first kappa shape index (κ1) is 17.2. The van der Waals surface area contributed by atoms with Crippen molar-refractivity contribution in [1.29, 1.82) is 0 Å². The van der Waals surface area contributed by atoms with Gasteiger partial charge in [-0.25, -0.2) is 25.9 Å². The molecule has 4 nitrogen and oxygen atoms in total.